The van der Waals surface area contributed by atoms with E-state index in [1.54, 1.807) is 13.8 Å². The smallest absolute Gasteiger partial charge is 0.243 e. The van der Waals surface area contributed by atoms with E-state index < -0.39 is 15.4 Å². The Kier molecular flexibility index (Phi) is 5.11. The molecule has 1 N–H and O–H groups in total. The topological polar surface area (TPSA) is 88.6 Å². The second-order valence-electron chi connectivity index (χ2n) is 7.68. The van der Waals surface area contributed by atoms with Gasteiger partial charge in [0.2, 0.25) is 15.9 Å². The Morgan fingerprint density at radius 1 is 1.27 bits per heavy atom. The number of ether oxygens (including phenoxy) is 1. The van der Waals surface area contributed by atoms with E-state index in [1.807, 2.05) is 13.8 Å². The zero-order chi connectivity index (χ0) is 19.1. The van der Waals surface area contributed by atoms with E-state index in [4.69, 9.17) is 4.74 Å². The van der Waals surface area contributed by atoms with Gasteiger partial charge >= 0.3 is 0 Å². The van der Waals surface area contributed by atoms with Crippen LogP contribution in [0.2, 0.25) is 0 Å². The molecule has 1 aliphatic heterocycles. The van der Waals surface area contributed by atoms with Gasteiger partial charge in [0.1, 0.15) is 5.82 Å². The van der Waals surface area contributed by atoms with Gasteiger partial charge < -0.3 is 10.1 Å². The van der Waals surface area contributed by atoms with Gasteiger partial charge in [-0.25, -0.2) is 13.4 Å². The Labute approximate surface area is 155 Å². The molecule has 1 saturated carbocycles. The van der Waals surface area contributed by atoms with Crippen LogP contribution >= 0.6 is 0 Å². The Balaban J connectivity index is 1.90. The standard InChI is InChI=1S/C18H27N3O4S/c1-12-13(2)19-16(20-17(22)18(3,4)14-5-6-14)11-15(12)26(23,24)21-7-9-25-10-8-21/h11,14H,5-10H2,1-4H3,(H,19,20,22). The Morgan fingerprint density at radius 2 is 1.88 bits per heavy atom. The number of nitrogens with one attached hydrogen (secondary N) is 1. The number of anilines is 1. The lowest BCUT2D eigenvalue weighted by atomic mass is 9.86. The van der Waals surface area contributed by atoms with Gasteiger partial charge in [-0.05, 0) is 38.2 Å². The number of carbonyl (C=O) groups excluding carboxylic acids is 1. The summed E-state index contributed by atoms with van der Waals surface area (Å²) in [5.74, 6) is 0.551. The van der Waals surface area contributed by atoms with E-state index in [-0.39, 0.29) is 10.8 Å². The third kappa shape index (κ3) is 3.63. The largest absolute Gasteiger partial charge is 0.379 e. The van der Waals surface area contributed by atoms with Crippen molar-refractivity contribution in [2.45, 2.75) is 45.4 Å². The number of nitrogens with zero attached hydrogens (tertiary/aromatic N) is 2. The summed E-state index contributed by atoms with van der Waals surface area (Å²) in [5.41, 5.74) is 0.721. The van der Waals surface area contributed by atoms with E-state index in [0.29, 0.717) is 49.3 Å². The highest BCUT2D eigenvalue weighted by molar-refractivity contribution is 7.89. The highest BCUT2D eigenvalue weighted by Crippen LogP contribution is 2.45. The first-order valence-electron chi connectivity index (χ1n) is 9.01. The molecule has 0 radical (unpaired) electrons. The number of hydrogen-bond donors (Lipinski definition) is 1. The molecule has 0 bridgehead atoms. The quantitative estimate of drug-likeness (QED) is 0.844. The summed E-state index contributed by atoms with van der Waals surface area (Å²) in [6.07, 6.45) is 2.11. The zero-order valence-corrected chi connectivity index (χ0v) is 16.6. The lowest BCUT2D eigenvalue weighted by Crippen LogP contribution is -2.41. The van der Waals surface area contributed by atoms with Crippen molar-refractivity contribution in [3.63, 3.8) is 0 Å². The van der Waals surface area contributed by atoms with Crippen molar-refractivity contribution >= 4 is 21.7 Å². The average Bonchev–Trinajstić information content (AvgIpc) is 3.44. The fourth-order valence-corrected chi connectivity index (χ4v) is 4.94. The third-order valence-corrected chi connectivity index (χ3v) is 7.51. The number of amides is 1. The molecule has 1 aromatic rings. The predicted molar refractivity (Wildman–Crippen MR) is 98.4 cm³/mol. The maximum atomic E-state index is 13.0. The molecule has 2 heterocycles. The number of carbonyl (C=O) groups is 1. The lowest BCUT2D eigenvalue weighted by Gasteiger charge is -2.27. The van der Waals surface area contributed by atoms with Crippen LogP contribution in [0.5, 0.6) is 0 Å². The Bertz CT molecular complexity index is 810. The van der Waals surface area contributed by atoms with Crippen LogP contribution in [0.3, 0.4) is 0 Å². The SMILES string of the molecule is Cc1nc(NC(=O)C(C)(C)C2CC2)cc(S(=O)(=O)N2CCOCC2)c1C. The molecule has 0 atom stereocenters. The normalized spacial score (nSPS) is 19.4. The molecule has 1 saturated heterocycles. The molecule has 2 fully saturated rings. The molecule has 2 aliphatic rings. The van der Waals surface area contributed by atoms with Crippen molar-refractivity contribution in [3.05, 3.63) is 17.3 Å². The Hall–Kier alpha value is -1.51. The number of sulfonamides is 1. The number of hydrogen-bond acceptors (Lipinski definition) is 5. The maximum Gasteiger partial charge on any atom is 0.243 e. The summed E-state index contributed by atoms with van der Waals surface area (Å²) in [6, 6.07) is 1.48. The summed E-state index contributed by atoms with van der Waals surface area (Å²) >= 11 is 0. The van der Waals surface area contributed by atoms with Gasteiger partial charge in [-0.2, -0.15) is 4.31 Å². The third-order valence-electron chi connectivity index (χ3n) is 5.48. The summed E-state index contributed by atoms with van der Waals surface area (Å²) in [5, 5.41) is 2.83. The van der Waals surface area contributed by atoms with E-state index in [1.165, 1.54) is 10.4 Å². The van der Waals surface area contributed by atoms with Crippen molar-refractivity contribution in [2.24, 2.45) is 11.3 Å². The summed E-state index contributed by atoms with van der Waals surface area (Å²) in [6.45, 7) is 8.80. The van der Waals surface area contributed by atoms with E-state index in [9.17, 15) is 13.2 Å². The molecule has 7 nitrogen and oxygen atoms in total. The molecular formula is C18H27N3O4S. The highest BCUT2D eigenvalue weighted by Gasteiger charge is 2.43. The molecule has 1 aromatic heterocycles. The van der Waals surface area contributed by atoms with E-state index >= 15 is 0 Å². The number of aromatic nitrogens is 1. The fourth-order valence-electron chi connectivity index (χ4n) is 3.23. The van der Waals surface area contributed by atoms with Gasteiger partial charge in [0.05, 0.1) is 18.1 Å². The average molecular weight is 381 g/mol. The number of rotatable bonds is 5. The first-order chi connectivity index (χ1) is 12.1. The minimum Gasteiger partial charge on any atom is -0.379 e. The molecule has 26 heavy (non-hydrogen) atoms. The van der Waals surface area contributed by atoms with Crippen LogP contribution in [-0.2, 0) is 19.6 Å². The second kappa shape index (κ2) is 6.90. The maximum absolute atomic E-state index is 13.0. The fraction of sp³-hybridized carbons (Fsp3) is 0.667. The zero-order valence-electron chi connectivity index (χ0n) is 15.8. The molecular weight excluding hydrogens is 354 g/mol. The molecule has 144 valence electrons. The number of aryl methyl sites for hydroxylation is 1. The summed E-state index contributed by atoms with van der Waals surface area (Å²) in [4.78, 5) is 17.2. The van der Waals surface area contributed by atoms with Crippen LogP contribution in [0.4, 0.5) is 5.82 Å². The minimum atomic E-state index is -3.65. The van der Waals surface area contributed by atoms with Gasteiger partial charge in [0, 0.05) is 30.3 Å². The van der Waals surface area contributed by atoms with Gasteiger partial charge in [0.25, 0.3) is 0 Å². The van der Waals surface area contributed by atoms with Crippen molar-refractivity contribution in [1.82, 2.24) is 9.29 Å². The van der Waals surface area contributed by atoms with Crippen LogP contribution in [-0.4, -0.2) is 49.9 Å². The van der Waals surface area contributed by atoms with Gasteiger partial charge in [-0.1, -0.05) is 13.8 Å². The minimum absolute atomic E-state index is 0.120. The molecule has 1 amide bonds. The number of pyridine rings is 1. The first kappa shape index (κ1) is 19.3. The first-order valence-corrected chi connectivity index (χ1v) is 10.5. The van der Waals surface area contributed by atoms with E-state index in [0.717, 1.165) is 12.8 Å². The van der Waals surface area contributed by atoms with Gasteiger partial charge in [0.15, 0.2) is 0 Å². The van der Waals surface area contributed by atoms with Crippen LogP contribution in [0, 0.1) is 25.2 Å². The summed E-state index contributed by atoms with van der Waals surface area (Å²) in [7, 11) is -3.65. The highest BCUT2D eigenvalue weighted by atomic mass is 32.2. The van der Waals surface area contributed by atoms with Gasteiger partial charge in [-0.3, -0.25) is 4.79 Å². The van der Waals surface area contributed by atoms with Crippen LogP contribution in [0.15, 0.2) is 11.0 Å². The van der Waals surface area contributed by atoms with E-state index in [2.05, 4.69) is 10.3 Å². The molecule has 0 aromatic carbocycles. The van der Waals surface area contributed by atoms with Crippen molar-refractivity contribution < 1.29 is 17.9 Å². The lowest BCUT2D eigenvalue weighted by molar-refractivity contribution is -0.125. The molecule has 3 rings (SSSR count). The Morgan fingerprint density at radius 3 is 2.46 bits per heavy atom. The van der Waals surface area contributed by atoms with Crippen LogP contribution in [0.25, 0.3) is 0 Å². The van der Waals surface area contributed by atoms with Crippen LogP contribution in [0.1, 0.15) is 37.9 Å². The molecule has 1 aliphatic carbocycles. The van der Waals surface area contributed by atoms with Crippen molar-refractivity contribution in [3.8, 4) is 0 Å². The monoisotopic (exact) mass is 381 g/mol. The molecule has 8 heteroatoms. The molecule has 0 spiro atoms. The molecule has 0 unspecified atom stereocenters. The van der Waals surface area contributed by atoms with Crippen molar-refractivity contribution in [2.75, 3.05) is 31.6 Å². The van der Waals surface area contributed by atoms with Crippen LogP contribution < -0.4 is 5.32 Å². The van der Waals surface area contributed by atoms with Crippen molar-refractivity contribution in [1.29, 1.82) is 0 Å². The predicted octanol–water partition coefficient (Wildman–Crippen LogP) is 2.09. The van der Waals surface area contributed by atoms with Gasteiger partial charge in [-0.15, -0.1) is 0 Å². The summed E-state index contributed by atoms with van der Waals surface area (Å²) < 4.78 is 32.8. The number of morpholine rings is 1. The second-order valence-corrected chi connectivity index (χ2v) is 9.59.